The SMILES string of the molecule is CN1CCN(Cc2ccc3c4c(c(=O)[nH]c3c2)CCCN4)CC1.Cl.Cl.Cl. The van der Waals surface area contributed by atoms with E-state index in [-0.39, 0.29) is 42.8 Å². The zero-order valence-corrected chi connectivity index (χ0v) is 17.4. The first-order chi connectivity index (χ1) is 11.2. The summed E-state index contributed by atoms with van der Waals surface area (Å²) >= 11 is 0. The quantitative estimate of drug-likeness (QED) is 0.783. The maximum absolute atomic E-state index is 12.3. The van der Waals surface area contributed by atoms with Crippen LogP contribution in [0, 0.1) is 0 Å². The van der Waals surface area contributed by atoms with E-state index < -0.39 is 0 Å². The first-order valence-corrected chi connectivity index (χ1v) is 8.53. The highest BCUT2D eigenvalue weighted by Crippen LogP contribution is 2.28. The molecule has 1 fully saturated rings. The molecule has 5 nitrogen and oxygen atoms in total. The second-order valence-electron chi connectivity index (χ2n) is 6.80. The molecule has 0 spiro atoms. The van der Waals surface area contributed by atoms with Crippen molar-refractivity contribution in [1.29, 1.82) is 0 Å². The van der Waals surface area contributed by atoms with E-state index in [0.717, 1.165) is 74.3 Å². The van der Waals surface area contributed by atoms with Crippen LogP contribution in [0.5, 0.6) is 0 Å². The minimum Gasteiger partial charge on any atom is -0.384 e. The number of rotatable bonds is 2. The molecule has 1 aromatic carbocycles. The van der Waals surface area contributed by atoms with Crippen LogP contribution >= 0.6 is 37.2 Å². The first-order valence-electron chi connectivity index (χ1n) is 8.53. The molecule has 4 rings (SSSR count). The second kappa shape index (κ2) is 9.81. The molecule has 0 radical (unpaired) electrons. The Morgan fingerprint density at radius 2 is 1.81 bits per heavy atom. The number of halogens is 3. The molecule has 0 saturated carbocycles. The van der Waals surface area contributed by atoms with Gasteiger partial charge in [-0.15, -0.1) is 37.2 Å². The van der Waals surface area contributed by atoms with Crippen molar-refractivity contribution in [3.63, 3.8) is 0 Å². The Morgan fingerprint density at radius 1 is 1.08 bits per heavy atom. The minimum atomic E-state index is 0. The fraction of sp³-hybridized carbons (Fsp3) is 0.500. The van der Waals surface area contributed by atoms with Crippen molar-refractivity contribution >= 4 is 53.8 Å². The molecule has 0 bridgehead atoms. The van der Waals surface area contributed by atoms with E-state index >= 15 is 0 Å². The number of nitrogens with zero attached hydrogens (tertiary/aromatic N) is 2. The van der Waals surface area contributed by atoms with Crippen LogP contribution in [0.2, 0.25) is 0 Å². The predicted octanol–water partition coefficient (Wildman–Crippen LogP) is 2.90. The van der Waals surface area contributed by atoms with Crippen LogP contribution in [0.4, 0.5) is 5.69 Å². The molecule has 0 unspecified atom stereocenters. The predicted molar refractivity (Wildman–Crippen MR) is 116 cm³/mol. The molecule has 0 aliphatic carbocycles. The number of benzene rings is 1. The van der Waals surface area contributed by atoms with Crippen molar-refractivity contribution in [3.05, 3.63) is 39.7 Å². The van der Waals surface area contributed by atoms with Crippen molar-refractivity contribution in [2.75, 3.05) is 45.1 Å². The fourth-order valence-corrected chi connectivity index (χ4v) is 3.67. The molecule has 2 aliphatic rings. The summed E-state index contributed by atoms with van der Waals surface area (Å²) in [5.41, 5.74) is 4.25. The summed E-state index contributed by atoms with van der Waals surface area (Å²) in [6.07, 6.45) is 1.90. The van der Waals surface area contributed by atoms with Gasteiger partial charge in [-0.3, -0.25) is 9.69 Å². The lowest BCUT2D eigenvalue weighted by molar-refractivity contribution is 0.148. The molecular formula is C18H27Cl3N4O. The van der Waals surface area contributed by atoms with E-state index in [1.165, 1.54) is 5.56 Å². The summed E-state index contributed by atoms with van der Waals surface area (Å²) < 4.78 is 0. The molecule has 1 saturated heterocycles. The van der Waals surface area contributed by atoms with Crippen LogP contribution in [0.25, 0.3) is 10.9 Å². The van der Waals surface area contributed by atoms with E-state index in [1.54, 1.807) is 0 Å². The molecule has 2 aliphatic heterocycles. The van der Waals surface area contributed by atoms with E-state index in [4.69, 9.17) is 0 Å². The summed E-state index contributed by atoms with van der Waals surface area (Å²) in [6.45, 7) is 6.38. The third-order valence-corrected chi connectivity index (χ3v) is 5.08. The van der Waals surface area contributed by atoms with E-state index in [9.17, 15) is 4.79 Å². The molecule has 3 heterocycles. The number of anilines is 1. The van der Waals surface area contributed by atoms with Crippen molar-refractivity contribution in [1.82, 2.24) is 14.8 Å². The Labute approximate surface area is 172 Å². The minimum absolute atomic E-state index is 0. The number of piperazine rings is 1. The lowest BCUT2D eigenvalue weighted by Gasteiger charge is -2.32. The van der Waals surface area contributed by atoms with Crippen molar-refractivity contribution in [3.8, 4) is 0 Å². The number of fused-ring (bicyclic) bond motifs is 3. The van der Waals surface area contributed by atoms with Gasteiger partial charge >= 0.3 is 0 Å². The maximum atomic E-state index is 12.3. The number of hydrogen-bond acceptors (Lipinski definition) is 4. The van der Waals surface area contributed by atoms with Gasteiger partial charge < -0.3 is 15.2 Å². The van der Waals surface area contributed by atoms with Crippen LogP contribution in [0.1, 0.15) is 17.5 Å². The monoisotopic (exact) mass is 420 g/mol. The molecule has 0 atom stereocenters. The van der Waals surface area contributed by atoms with Crippen LogP contribution in [0.3, 0.4) is 0 Å². The number of H-pyrrole nitrogens is 1. The first kappa shape index (κ1) is 23.1. The third-order valence-electron chi connectivity index (χ3n) is 5.08. The molecule has 26 heavy (non-hydrogen) atoms. The maximum Gasteiger partial charge on any atom is 0.253 e. The van der Waals surface area contributed by atoms with E-state index in [2.05, 4.69) is 45.3 Å². The zero-order chi connectivity index (χ0) is 15.8. The molecule has 1 aromatic heterocycles. The zero-order valence-electron chi connectivity index (χ0n) is 14.9. The summed E-state index contributed by atoms with van der Waals surface area (Å²) in [6, 6.07) is 6.51. The van der Waals surface area contributed by atoms with Gasteiger partial charge in [-0.25, -0.2) is 0 Å². The Morgan fingerprint density at radius 3 is 2.54 bits per heavy atom. The van der Waals surface area contributed by atoms with Gasteiger partial charge in [0, 0.05) is 50.2 Å². The van der Waals surface area contributed by atoms with Gasteiger partial charge in [0.15, 0.2) is 0 Å². The van der Waals surface area contributed by atoms with Gasteiger partial charge in [-0.2, -0.15) is 0 Å². The number of aromatic amines is 1. The third kappa shape index (κ3) is 4.65. The molecular weight excluding hydrogens is 395 g/mol. The second-order valence-corrected chi connectivity index (χ2v) is 6.80. The Kier molecular flexibility index (Phi) is 8.70. The fourth-order valence-electron chi connectivity index (χ4n) is 3.67. The van der Waals surface area contributed by atoms with Gasteiger partial charge in [-0.05, 0) is 31.5 Å². The van der Waals surface area contributed by atoms with Gasteiger partial charge in [0.2, 0.25) is 0 Å². The van der Waals surface area contributed by atoms with E-state index in [1.807, 2.05) is 0 Å². The summed E-state index contributed by atoms with van der Waals surface area (Å²) in [5, 5.41) is 4.56. The molecule has 2 aromatic rings. The van der Waals surface area contributed by atoms with Gasteiger partial charge in [0.05, 0.1) is 11.2 Å². The van der Waals surface area contributed by atoms with Crippen LogP contribution in [-0.4, -0.2) is 54.6 Å². The standard InChI is InChI=1S/C18H24N4O.3ClH/c1-21-7-9-22(10-8-21)12-13-4-5-14-16(11-13)20-18(23)15-3-2-6-19-17(14)15;;;/h4-5,11,19H,2-3,6-10,12H2,1H3,(H,20,23);3*1H. The topological polar surface area (TPSA) is 51.4 Å². The Bertz CT molecular complexity index is 788. The highest BCUT2D eigenvalue weighted by atomic mass is 35.5. The van der Waals surface area contributed by atoms with Crippen molar-refractivity contribution < 1.29 is 0 Å². The average Bonchev–Trinajstić information content (AvgIpc) is 2.57. The Balaban J connectivity index is 0.00000113. The number of hydrogen-bond donors (Lipinski definition) is 2. The smallest absolute Gasteiger partial charge is 0.253 e. The lowest BCUT2D eigenvalue weighted by Crippen LogP contribution is -2.43. The molecule has 146 valence electrons. The van der Waals surface area contributed by atoms with Gasteiger partial charge in [0.1, 0.15) is 0 Å². The largest absolute Gasteiger partial charge is 0.384 e. The summed E-state index contributed by atoms with van der Waals surface area (Å²) in [7, 11) is 2.17. The van der Waals surface area contributed by atoms with Crippen LogP contribution in [0.15, 0.2) is 23.0 Å². The summed E-state index contributed by atoms with van der Waals surface area (Å²) in [4.78, 5) is 20.2. The lowest BCUT2D eigenvalue weighted by atomic mass is 10.0. The highest BCUT2D eigenvalue weighted by molar-refractivity contribution is 5.93. The molecule has 8 heteroatoms. The number of aromatic nitrogens is 1. The normalized spacial score (nSPS) is 17.3. The summed E-state index contributed by atoms with van der Waals surface area (Å²) in [5.74, 6) is 0. The van der Waals surface area contributed by atoms with Gasteiger partial charge in [0.25, 0.3) is 5.56 Å². The van der Waals surface area contributed by atoms with Crippen molar-refractivity contribution in [2.24, 2.45) is 0 Å². The van der Waals surface area contributed by atoms with E-state index in [0.29, 0.717) is 0 Å². The average molecular weight is 422 g/mol. The number of nitrogens with one attached hydrogen (secondary N) is 2. The number of pyridine rings is 1. The molecule has 2 N–H and O–H groups in total. The van der Waals surface area contributed by atoms with Crippen LogP contribution < -0.4 is 10.9 Å². The van der Waals surface area contributed by atoms with Gasteiger partial charge in [-0.1, -0.05) is 12.1 Å². The molecule has 0 amide bonds. The van der Waals surface area contributed by atoms with Crippen molar-refractivity contribution in [2.45, 2.75) is 19.4 Å². The van der Waals surface area contributed by atoms with Crippen LogP contribution in [-0.2, 0) is 13.0 Å². The Hall–Kier alpha value is -0.980. The highest BCUT2D eigenvalue weighted by Gasteiger charge is 2.17. The number of likely N-dealkylation sites (N-methyl/N-ethyl adjacent to an activating group) is 1.